The van der Waals surface area contributed by atoms with Gasteiger partial charge in [0.1, 0.15) is 0 Å². The summed E-state index contributed by atoms with van der Waals surface area (Å²) in [4.78, 5) is 14.9. The van der Waals surface area contributed by atoms with Gasteiger partial charge >= 0.3 is 0 Å². The third kappa shape index (κ3) is 1.97. The summed E-state index contributed by atoms with van der Waals surface area (Å²) in [5.74, 6) is 2.56. The first-order valence-corrected chi connectivity index (χ1v) is 7.84. The van der Waals surface area contributed by atoms with E-state index in [2.05, 4.69) is 10.2 Å². The Morgan fingerprint density at radius 2 is 1.83 bits per heavy atom. The van der Waals surface area contributed by atoms with E-state index in [1.54, 1.807) is 0 Å². The van der Waals surface area contributed by atoms with E-state index in [1.807, 2.05) is 0 Å². The van der Waals surface area contributed by atoms with Crippen molar-refractivity contribution >= 4 is 5.91 Å². The van der Waals surface area contributed by atoms with E-state index in [0.717, 1.165) is 17.9 Å². The first-order valence-electron chi connectivity index (χ1n) is 7.84. The van der Waals surface area contributed by atoms with Crippen LogP contribution >= 0.6 is 0 Å². The monoisotopic (exact) mass is 248 g/mol. The summed E-state index contributed by atoms with van der Waals surface area (Å²) in [5, 5.41) is 3.35. The summed E-state index contributed by atoms with van der Waals surface area (Å²) in [6.07, 6.45) is 8.84. The third-order valence-corrected chi connectivity index (χ3v) is 5.78. The molecule has 4 rings (SSSR count). The number of piperidine rings is 1. The van der Waals surface area contributed by atoms with Gasteiger partial charge < -0.3 is 10.2 Å². The van der Waals surface area contributed by atoms with Crippen molar-refractivity contribution < 1.29 is 4.79 Å². The van der Waals surface area contributed by atoms with E-state index in [9.17, 15) is 4.79 Å². The summed E-state index contributed by atoms with van der Waals surface area (Å²) < 4.78 is 0. The number of nitrogens with one attached hydrogen (secondary N) is 1. The molecule has 2 saturated carbocycles. The van der Waals surface area contributed by atoms with Gasteiger partial charge in [0.25, 0.3) is 0 Å². The molecule has 4 atom stereocenters. The largest absolute Gasteiger partial charge is 0.353 e. The Morgan fingerprint density at radius 1 is 1.00 bits per heavy atom. The molecule has 1 N–H and O–H groups in total. The highest BCUT2D eigenvalue weighted by Crippen LogP contribution is 2.54. The van der Waals surface area contributed by atoms with E-state index in [4.69, 9.17) is 0 Å². The van der Waals surface area contributed by atoms with E-state index >= 15 is 0 Å². The normalized spacial score (nSPS) is 46.6. The molecular weight excluding hydrogens is 224 g/mol. The van der Waals surface area contributed by atoms with Gasteiger partial charge in [-0.1, -0.05) is 0 Å². The van der Waals surface area contributed by atoms with Crippen LogP contribution in [0.4, 0.5) is 0 Å². The Kier molecular flexibility index (Phi) is 2.65. The first-order chi connectivity index (χ1) is 8.79. The number of fused-ring (bicyclic) bond motifs is 2. The van der Waals surface area contributed by atoms with Crippen molar-refractivity contribution in [2.75, 3.05) is 13.1 Å². The molecule has 2 aliphatic heterocycles. The van der Waals surface area contributed by atoms with Crippen molar-refractivity contribution in [1.82, 2.24) is 10.2 Å². The lowest BCUT2D eigenvalue weighted by atomic mass is 9.96. The smallest absolute Gasteiger partial charge is 0.223 e. The minimum Gasteiger partial charge on any atom is -0.353 e. The van der Waals surface area contributed by atoms with Crippen LogP contribution in [0.1, 0.15) is 44.9 Å². The van der Waals surface area contributed by atoms with Crippen LogP contribution in [0, 0.1) is 17.8 Å². The average molecular weight is 248 g/mol. The molecule has 4 unspecified atom stereocenters. The zero-order chi connectivity index (χ0) is 12.1. The zero-order valence-corrected chi connectivity index (χ0v) is 11.1. The van der Waals surface area contributed by atoms with Crippen molar-refractivity contribution in [3.8, 4) is 0 Å². The Bertz CT molecular complexity index is 346. The molecule has 18 heavy (non-hydrogen) atoms. The second kappa shape index (κ2) is 4.22. The molecule has 3 nitrogen and oxygen atoms in total. The second-order valence-electron chi connectivity index (χ2n) is 6.99. The van der Waals surface area contributed by atoms with E-state index < -0.39 is 0 Å². The SMILES string of the molecule is O=C(NC1CCN2CCCC2C1)C1CC2CC2C1. The Balaban J connectivity index is 1.30. The quantitative estimate of drug-likeness (QED) is 0.808. The van der Waals surface area contributed by atoms with Gasteiger partial charge in [-0.3, -0.25) is 4.79 Å². The number of amides is 1. The van der Waals surface area contributed by atoms with Gasteiger partial charge in [0.15, 0.2) is 0 Å². The predicted octanol–water partition coefficient (Wildman–Crippen LogP) is 1.78. The van der Waals surface area contributed by atoms with Crippen LogP contribution in [0.3, 0.4) is 0 Å². The number of hydrogen-bond acceptors (Lipinski definition) is 2. The lowest BCUT2D eigenvalue weighted by Crippen LogP contribution is -2.48. The molecule has 4 fully saturated rings. The van der Waals surface area contributed by atoms with Crippen LogP contribution in [-0.2, 0) is 4.79 Å². The van der Waals surface area contributed by atoms with Gasteiger partial charge in [-0.25, -0.2) is 0 Å². The van der Waals surface area contributed by atoms with Crippen LogP contribution in [-0.4, -0.2) is 36.0 Å². The minimum atomic E-state index is 0.357. The number of rotatable bonds is 2. The van der Waals surface area contributed by atoms with Crippen molar-refractivity contribution in [1.29, 1.82) is 0 Å². The molecule has 0 spiro atoms. The van der Waals surface area contributed by atoms with Crippen molar-refractivity contribution in [3.63, 3.8) is 0 Å². The average Bonchev–Trinajstić information content (AvgIpc) is 2.79. The highest BCUT2D eigenvalue weighted by atomic mass is 16.2. The van der Waals surface area contributed by atoms with Crippen LogP contribution in [0.15, 0.2) is 0 Å². The molecule has 0 aromatic carbocycles. The third-order valence-electron chi connectivity index (χ3n) is 5.78. The van der Waals surface area contributed by atoms with Gasteiger partial charge in [0.05, 0.1) is 0 Å². The van der Waals surface area contributed by atoms with Crippen LogP contribution in [0.2, 0.25) is 0 Å². The fourth-order valence-electron chi connectivity index (χ4n) is 4.60. The fraction of sp³-hybridized carbons (Fsp3) is 0.933. The van der Waals surface area contributed by atoms with Gasteiger partial charge in [-0.2, -0.15) is 0 Å². The maximum atomic E-state index is 12.2. The molecule has 2 saturated heterocycles. The van der Waals surface area contributed by atoms with Gasteiger partial charge in [0, 0.05) is 24.5 Å². The van der Waals surface area contributed by atoms with E-state index in [1.165, 1.54) is 58.0 Å². The molecule has 0 radical (unpaired) electrons. The van der Waals surface area contributed by atoms with Crippen molar-refractivity contribution in [3.05, 3.63) is 0 Å². The molecule has 0 bridgehead atoms. The summed E-state index contributed by atoms with van der Waals surface area (Å²) >= 11 is 0. The minimum absolute atomic E-state index is 0.357. The highest BCUT2D eigenvalue weighted by Gasteiger charge is 2.48. The summed E-state index contributed by atoms with van der Waals surface area (Å²) in [6.45, 7) is 2.49. The Labute approximate surface area is 109 Å². The molecule has 0 aromatic heterocycles. The molecule has 2 aliphatic carbocycles. The highest BCUT2D eigenvalue weighted by molar-refractivity contribution is 5.79. The maximum Gasteiger partial charge on any atom is 0.223 e. The first kappa shape index (κ1) is 11.3. The molecule has 3 heteroatoms. The van der Waals surface area contributed by atoms with Crippen LogP contribution < -0.4 is 5.32 Å². The zero-order valence-electron chi connectivity index (χ0n) is 11.1. The molecule has 100 valence electrons. The van der Waals surface area contributed by atoms with Crippen LogP contribution in [0.25, 0.3) is 0 Å². The lowest BCUT2D eigenvalue weighted by Gasteiger charge is -2.35. The van der Waals surface area contributed by atoms with Crippen molar-refractivity contribution in [2.24, 2.45) is 17.8 Å². The molecule has 2 heterocycles. The number of nitrogens with zero attached hydrogens (tertiary/aromatic N) is 1. The van der Waals surface area contributed by atoms with Crippen molar-refractivity contribution in [2.45, 2.75) is 57.0 Å². The molecule has 0 aromatic rings. The lowest BCUT2D eigenvalue weighted by molar-refractivity contribution is -0.126. The predicted molar refractivity (Wildman–Crippen MR) is 70.1 cm³/mol. The van der Waals surface area contributed by atoms with E-state index in [0.29, 0.717) is 17.9 Å². The van der Waals surface area contributed by atoms with E-state index in [-0.39, 0.29) is 0 Å². The topological polar surface area (TPSA) is 32.3 Å². The standard InChI is InChI=1S/C15H24N2O/c18-15(12-7-10-6-11(10)8-12)16-13-3-5-17-4-1-2-14(17)9-13/h10-14H,1-9H2,(H,16,18). The van der Waals surface area contributed by atoms with Crippen LogP contribution in [0.5, 0.6) is 0 Å². The number of carbonyl (C=O) groups excluding carboxylic acids is 1. The number of hydrogen-bond donors (Lipinski definition) is 1. The maximum absolute atomic E-state index is 12.2. The molecular formula is C15H24N2O. The summed E-state index contributed by atoms with van der Waals surface area (Å²) in [7, 11) is 0. The van der Waals surface area contributed by atoms with Gasteiger partial charge in [0.2, 0.25) is 5.91 Å². The summed E-state index contributed by atoms with van der Waals surface area (Å²) in [6, 6.07) is 1.23. The molecule has 4 aliphatic rings. The number of carbonyl (C=O) groups is 1. The molecule has 1 amide bonds. The fourth-order valence-corrected chi connectivity index (χ4v) is 4.60. The Morgan fingerprint density at radius 3 is 2.67 bits per heavy atom. The second-order valence-corrected chi connectivity index (χ2v) is 6.99. The Hall–Kier alpha value is -0.570. The van der Waals surface area contributed by atoms with Gasteiger partial charge in [-0.05, 0) is 63.3 Å². The van der Waals surface area contributed by atoms with Gasteiger partial charge in [-0.15, -0.1) is 0 Å². The summed E-state index contributed by atoms with van der Waals surface area (Å²) in [5.41, 5.74) is 0.